The molecule has 3 aromatic rings. The maximum absolute atomic E-state index is 12.7. The summed E-state index contributed by atoms with van der Waals surface area (Å²) in [7, 11) is 1.79. The highest BCUT2D eigenvalue weighted by atomic mass is 79.9. The highest BCUT2D eigenvalue weighted by molar-refractivity contribution is 9.10. The summed E-state index contributed by atoms with van der Waals surface area (Å²) in [5.41, 5.74) is 3.82. The normalized spacial score (nSPS) is 15.2. The topological polar surface area (TPSA) is 51.0 Å². The molecule has 162 valence electrons. The van der Waals surface area contributed by atoms with Gasteiger partial charge < -0.3 is 4.90 Å². The molecule has 2 aromatic heterocycles. The number of hydrogen-bond acceptors (Lipinski definition) is 4. The molecule has 31 heavy (non-hydrogen) atoms. The zero-order valence-electron chi connectivity index (χ0n) is 17.7. The van der Waals surface area contributed by atoms with Crippen LogP contribution in [0.15, 0.2) is 34.8 Å². The largest absolute Gasteiger partial charge is 0.339 e. The molecule has 0 spiro atoms. The molecule has 1 saturated heterocycles. The van der Waals surface area contributed by atoms with Gasteiger partial charge >= 0.3 is 0 Å². The molecule has 0 aliphatic carbocycles. The number of piperidine rings is 1. The zero-order valence-corrected chi connectivity index (χ0v) is 20.9. The molecule has 1 fully saturated rings. The van der Waals surface area contributed by atoms with Crippen molar-refractivity contribution in [3.05, 3.63) is 61.1 Å². The molecule has 1 aliphatic heterocycles. The summed E-state index contributed by atoms with van der Waals surface area (Å²) in [6.07, 6.45) is 5.24. The third-order valence-electron chi connectivity index (χ3n) is 5.68. The fourth-order valence-electron chi connectivity index (χ4n) is 3.91. The Hall–Kier alpha value is -1.96. The van der Waals surface area contributed by atoms with Crippen LogP contribution in [0.25, 0.3) is 17.3 Å². The lowest BCUT2D eigenvalue weighted by Crippen LogP contribution is -2.36. The quantitative estimate of drug-likeness (QED) is 0.398. The summed E-state index contributed by atoms with van der Waals surface area (Å²) in [5.74, 6) is 0.416. The third-order valence-corrected chi connectivity index (χ3v) is 7.79. The van der Waals surface area contributed by atoms with Gasteiger partial charge in [0, 0.05) is 52.6 Å². The van der Waals surface area contributed by atoms with E-state index in [0.29, 0.717) is 11.1 Å². The molecule has 0 radical (unpaired) electrons. The van der Waals surface area contributed by atoms with Crippen molar-refractivity contribution < 1.29 is 4.79 Å². The molecular weight excluding hydrogens is 496 g/mol. The van der Waals surface area contributed by atoms with E-state index in [4.69, 9.17) is 16.6 Å². The number of rotatable bonds is 4. The maximum Gasteiger partial charge on any atom is 0.246 e. The number of carbonyl (C=O) groups is 1. The maximum atomic E-state index is 12.7. The standard InChI is InChI=1S/C23H24BrClN4OS/c1-14-19(22(25)28(3)27-14)8-9-20(30)29-12-10-17(11-13-29)23-26-21(15(2)31-23)16-4-6-18(24)7-5-16/h4-9,17H,10-13H2,1-3H3. The van der Waals surface area contributed by atoms with Gasteiger partial charge in [0.15, 0.2) is 0 Å². The second kappa shape index (κ2) is 9.27. The van der Waals surface area contributed by atoms with Gasteiger partial charge in [-0.2, -0.15) is 5.10 Å². The fraction of sp³-hybridized carbons (Fsp3) is 0.348. The van der Waals surface area contributed by atoms with Crippen molar-refractivity contribution in [3.63, 3.8) is 0 Å². The van der Waals surface area contributed by atoms with Crippen LogP contribution in [0.2, 0.25) is 5.15 Å². The Morgan fingerprint density at radius 1 is 1.23 bits per heavy atom. The van der Waals surface area contributed by atoms with Gasteiger partial charge in [-0.25, -0.2) is 4.98 Å². The van der Waals surface area contributed by atoms with Crippen molar-refractivity contribution in [1.29, 1.82) is 0 Å². The average Bonchev–Trinajstić information content (AvgIpc) is 3.26. The summed E-state index contributed by atoms with van der Waals surface area (Å²) < 4.78 is 2.68. The molecule has 0 saturated carbocycles. The number of benzene rings is 1. The first-order chi connectivity index (χ1) is 14.8. The monoisotopic (exact) mass is 518 g/mol. The molecule has 5 nitrogen and oxygen atoms in total. The molecule has 0 unspecified atom stereocenters. The highest BCUT2D eigenvalue weighted by Gasteiger charge is 2.26. The van der Waals surface area contributed by atoms with Gasteiger partial charge in [-0.15, -0.1) is 11.3 Å². The van der Waals surface area contributed by atoms with E-state index < -0.39 is 0 Å². The van der Waals surface area contributed by atoms with Gasteiger partial charge in [0.1, 0.15) is 5.15 Å². The van der Waals surface area contributed by atoms with E-state index in [1.54, 1.807) is 35.2 Å². The van der Waals surface area contributed by atoms with Crippen LogP contribution in [0.1, 0.15) is 39.9 Å². The van der Waals surface area contributed by atoms with Crippen LogP contribution >= 0.6 is 38.9 Å². The molecule has 8 heteroatoms. The predicted octanol–water partition coefficient (Wildman–Crippen LogP) is 6.00. The summed E-state index contributed by atoms with van der Waals surface area (Å²) in [6, 6.07) is 8.29. The van der Waals surface area contributed by atoms with Gasteiger partial charge in [-0.05, 0) is 44.9 Å². The summed E-state index contributed by atoms with van der Waals surface area (Å²) >= 11 is 11.5. The minimum Gasteiger partial charge on any atom is -0.339 e. The molecule has 1 amide bonds. The Morgan fingerprint density at radius 3 is 2.52 bits per heavy atom. The fourth-order valence-corrected chi connectivity index (χ4v) is 5.52. The van der Waals surface area contributed by atoms with E-state index in [9.17, 15) is 4.79 Å². The van der Waals surface area contributed by atoms with Crippen molar-refractivity contribution in [3.8, 4) is 11.3 Å². The zero-order chi connectivity index (χ0) is 22.1. The molecule has 3 heterocycles. The van der Waals surface area contributed by atoms with Crippen LogP contribution in [0.3, 0.4) is 0 Å². The highest BCUT2D eigenvalue weighted by Crippen LogP contribution is 2.36. The number of thiazole rings is 1. The second-order valence-corrected chi connectivity index (χ2v) is 10.3. The van der Waals surface area contributed by atoms with E-state index >= 15 is 0 Å². The van der Waals surface area contributed by atoms with E-state index in [1.807, 2.05) is 24.0 Å². The van der Waals surface area contributed by atoms with Crippen molar-refractivity contribution in [2.75, 3.05) is 13.1 Å². The first-order valence-electron chi connectivity index (χ1n) is 10.2. The Bertz CT molecular complexity index is 1130. The Balaban J connectivity index is 1.39. The number of likely N-dealkylation sites (tertiary alicyclic amines) is 1. The number of hydrogen-bond donors (Lipinski definition) is 0. The lowest BCUT2D eigenvalue weighted by molar-refractivity contribution is -0.126. The summed E-state index contributed by atoms with van der Waals surface area (Å²) in [6.45, 7) is 5.49. The molecular formula is C23H24BrClN4OS. The minimum atomic E-state index is 0.0173. The number of halogens is 2. The van der Waals surface area contributed by atoms with Gasteiger partial charge in [0.25, 0.3) is 0 Å². The molecule has 1 aromatic carbocycles. The number of nitrogens with zero attached hydrogens (tertiary/aromatic N) is 4. The van der Waals surface area contributed by atoms with Gasteiger partial charge in [0.05, 0.1) is 16.4 Å². The summed E-state index contributed by atoms with van der Waals surface area (Å²) in [5, 5.41) is 6.00. The van der Waals surface area contributed by atoms with Crippen molar-refractivity contribution in [1.82, 2.24) is 19.7 Å². The number of aromatic nitrogens is 3. The van der Waals surface area contributed by atoms with E-state index in [0.717, 1.165) is 52.9 Å². The number of aryl methyl sites for hydroxylation is 3. The Morgan fingerprint density at radius 2 is 1.90 bits per heavy atom. The minimum absolute atomic E-state index is 0.0173. The molecule has 0 atom stereocenters. The average molecular weight is 520 g/mol. The first kappa shape index (κ1) is 22.2. The van der Waals surface area contributed by atoms with Crippen molar-refractivity contribution in [2.45, 2.75) is 32.6 Å². The van der Waals surface area contributed by atoms with Crippen molar-refractivity contribution >= 4 is 50.9 Å². The van der Waals surface area contributed by atoms with Crippen LogP contribution in [0, 0.1) is 13.8 Å². The third kappa shape index (κ3) is 4.78. The predicted molar refractivity (Wildman–Crippen MR) is 131 cm³/mol. The van der Waals surface area contributed by atoms with Gasteiger partial charge in [-0.1, -0.05) is 39.7 Å². The number of amides is 1. The summed E-state index contributed by atoms with van der Waals surface area (Å²) in [4.78, 5) is 20.8. The van der Waals surface area contributed by atoms with Crippen molar-refractivity contribution in [2.24, 2.45) is 7.05 Å². The van der Waals surface area contributed by atoms with E-state index in [2.05, 4.69) is 40.1 Å². The van der Waals surface area contributed by atoms with Crippen LogP contribution < -0.4 is 0 Å². The number of carbonyl (C=O) groups excluding carboxylic acids is 1. The molecule has 1 aliphatic rings. The molecule has 0 bridgehead atoms. The Labute approximate surface area is 199 Å². The van der Waals surface area contributed by atoms with Crippen LogP contribution in [-0.2, 0) is 11.8 Å². The first-order valence-corrected chi connectivity index (χ1v) is 12.2. The lowest BCUT2D eigenvalue weighted by atomic mass is 9.97. The lowest BCUT2D eigenvalue weighted by Gasteiger charge is -2.30. The van der Waals surface area contributed by atoms with Gasteiger partial charge in [0.2, 0.25) is 5.91 Å². The smallest absolute Gasteiger partial charge is 0.246 e. The van der Waals surface area contributed by atoms with E-state index in [1.165, 1.54) is 9.88 Å². The van der Waals surface area contributed by atoms with E-state index in [-0.39, 0.29) is 5.91 Å². The van der Waals surface area contributed by atoms with Crippen LogP contribution in [0.4, 0.5) is 0 Å². The van der Waals surface area contributed by atoms with Crippen LogP contribution in [0.5, 0.6) is 0 Å². The molecule has 0 N–H and O–H groups in total. The SMILES string of the molecule is Cc1nn(C)c(Cl)c1C=CC(=O)N1CCC(c2nc(-c3ccc(Br)cc3)c(C)s2)CC1. The second-order valence-electron chi connectivity index (χ2n) is 7.81. The molecule has 4 rings (SSSR count). The van der Waals surface area contributed by atoms with Crippen LogP contribution in [-0.4, -0.2) is 38.7 Å². The van der Waals surface area contributed by atoms with Gasteiger partial charge in [-0.3, -0.25) is 9.48 Å². The Kier molecular flexibility index (Phi) is 6.65.